The number of fused-ring (bicyclic) bond motifs is 2. The van der Waals surface area contributed by atoms with Crippen LogP contribution in [0.2, 0.25) is 0 Å². The summed E-state index contributed by atoms with van der Waals surface area (Å²) in [4.78, 5) is 11.5. The van der Waals surface area contributed by atoms with E-state index >= 15 is 0 Å². The lowest BCUT2D eigenvalue weighted by molar-refractivity contribution is 0.556. The zero-order valence-corrected chi connectivity index (χ0v) is 12.3. The third-order valence-corrected chi connectivity index (χ3v) is 4.26. The van der Waals surface area contributed by atoms with Crippen LogP contribution in [0.3, 0.4) is 0 Å². The molecule has 0 spiro atoms. The van der Waals surface area contributed by atoms with Crippen LogP contribution in [-0.2, 0) is 19.0 Å². The summed E-state index contributed by atoms with van der Waals surface area (Å²) in [6.45, 7) is 2.65. The smallest absolute Gasteiger partial charge is 0.134 e. The summed E-state index contributed by atoms with van der Waals surface area (Å²) in [5, 5.41) is 1.13. The molecule has 0 aliphatic carbocycles. The molecule has 0 fully saturated rings. The van der Waals surface area contributed by atoms with Crippen LogP contribution in [0.4, 0.5) is 5.82 Å². The Balaban J connectivity index is 1.79. The van der Waals surface area contributed by atoms with Crippen molar-refractivity contribution in [2.75, 3.05) is 11.4 Å². The number of hydrogen-bond acceptors (Lipinski definition) is 3. The van der Waals surface area contributed by atoms with Gasteiger partial charge in [-0.2, -0.15) is 0 Å². The van der Waals surface area contributed by atoms with Gasteiger partial charge in [-0.25, -0.2) is 9.97 Å². The SMILES string of the molecule is ClCc1cc2ccccc2nc1N1CCn2ccnc2C1. The first-order chi connectivity index (χ1) is 10.3. The van der Waals surface area contributed by atoms with Crippen molar-refractivity contribution >= 4 is 28.3 Å². The lowest BCUT2D eigenvalue weighted by Gasteiger charge is -2.30. The monoisotopic (exact) mass is 298 g/mol. The lowest BCUT2D eigenvalue weighted by Crippen LogP contribution is -2.34. The number of para-hydroxylation sites is 1. The fraction of sp³-hybridized carbons (Fsp3) is 0.250. The average Bonchev–Trinajstić information content (AvgIpc) is 3.01. The van der Waals surface area contributed by atoms with Gasteiger partial charge in [0.15, 0.2) is 0 Å². The highest BCUT2D eigenvalue weighted by molar-refractivity contribution is 6.17. The largest absolute Gasteiger partial charge is 0.347 e. The molecule has 0 radical (unpaired) electrons. The van der Waals surface area contributed by atoms with Crippen molar-refractivity contribution in [2.24, 2.45) is 0 Å². The van der Waals surface area contributed by atoms with Gasteiger partial charge in [0, 0.05) is 36.4 Å². The first-order valence-electron chi connectivity index (χ1n) is 7.05. The number of pyridine rings is 1. The number of alkyl halides is 1. The number of rotatable bonds is 2. The summed E-state index contributed by atoms with van der Waals surface area (Å²) >= 11 is 6.14. The first-order valence-corrected chi connectivity index (χ1v) is 7.58. The molecule has 0 atom stereocenters. The second kappa shape index (κ2) is 5.04. The Morgan fingerprint density at radius 3 is 3.00 bits per heavy atom. The Morgan fingerprint density at radius 2 is 2.10 bits per heavy atom. The van der Waals surface area contributed by atoms with Gasteiger partial charge in [0.05, 0.1) is 17.9 Å². The van der Waals surface area contributed by atoms with Gasteiger partial charge in [-0.3, -0.25) is 0 Å². The van der Waals surface area contributed by atoms with Crippen molar-refractivity contribution < 1.29 is 0 Å². The average molecular weight is 299 g/mol. The molecule has 0 saturated carbocycles. The molecular formula is C16H15ClN4. The van der Waals surface area contributed by atoms with Crippen LogP contribution in [0, 0.1) is 0 Å². The molecule has 1 aliphatic rings. The molecule has 3 aromatic rings. The molecule has 0 saturated heterocycles. The molecule has 1 aliphatic heterocycles. The van der Waals surface area contributed by atoms with Gasteiger partial charge in [0.25, 0.3) is 0 Å². The molecule has 4 rings (SSSR count). The van der Waals surface area contributed by atoms with Gasteiger partial charge in [-0.05, 0) is 12.1 Å². The topological polar surface area (TPSA) is 34.0 Å². The molecule has 0 bridgehead atoms. The maximum atomic E-state index is 6.14. The van der Waals surface area contributed by atoms with Crippen LogP contribution in [0.15, 0.2) is 42.7 Å². The summed E-state index contributed by atoms with van der Waals surface area (Å²) in [5.74, 6) is 2.53. The summed E-state index contributed by atoms with van der Waals surface area (Å²) in [5.41, 5.74) is 2.09. The summed E-state index contributed by atoms with van der Waals surface area (Å²) in [6.07, 6.45) is 3.89. The number of aromatic nitrogens is 3. The summed E-state index contributed by atoms with van der Waals surface area (Å²) < 4.78 is 2.19. The number of hydrogen-bond donors (Lipinski definition) is 0. The van der Waals surface area contributed by atoms with E-state index in [4.69, 9.17) is 16.6 Å². The van der Waals surface area contributed by atoms with Crippen LogP contribution >= 0.6 is 11.6 Å². The molecule has 2 aromatic heterocycles. The van der Waals surface area contributed by atoms with Crippen LogP contribution in [0.5, 0.6) is 0 Å². The molecule has 106 valence electrons. The molecule has 0 unspecified atom stereocenters. The zero-order valence-electron chi connectivity index (χ0n) is 11.5. The van der Waals surface area contributed by atoms with Gasteiger partial charge in [0.2, 0.25) is 0 Å². The van der Waals surface area contributed by atoms with Gasteiger partial charge in [-0.1, -0.05) is 18.2 Å². The summed E-state index contributed by atoms with van der Waals surface area (Å²) in [7, 11) is 0. The van der Waals surface area contributed by atoms with E-state index in [1.54, 1.807) is 0 Å². The van der Waals surface area contributed by atoms with Crippen molar-refractivity contribution in [2.45, 2.75) is 19.0 Å². The number of halogens is 1. The maximum absolute atomic E-state index is 6.14. The van der Waals surface area contributed by atoms with E-state index in [2.05, 4.69) is 26.6 Å². The minimum absolute atomic E-state index is 0.470. The van der Waals surface area contributed by atoms with E-state index in [-0.39, 0.29) is 0 Å². The van der Waals surface area contributed by atoms with Crippen molar-refractivity contribution in [3.05, 3.63) is 54.1 Å². The Kier molecular flexibility index (Phi) is 3.04. The van der Waals surface area contributed by atoms with Gasteiger partial charge in [0.1, 0.15) is 11.6 Å². The predicted octanol–water partition coefficient (Wildman–Crippen LogP) is 3.19. The van der Waals surface area contributed by atoms with E-state index in [9.17, 15) is 0 Å². The molecule has 0 amide bonds. The predicted molar refractivity (Wildman–Crippen MR) is 84.6 cm³/mol. The highest BCUT2D eigenvalue weighted by atomic mass is 35.5. The molecule has 0 N–H and O–H groups in total. The van der Waals surface area contributed by atoms with Crippen molar-refractivity contribution in [1.29, 1.82) is 0 Å². The first kappa shape index (κ1) is 12.7. The Bertz CT molecular complexity index is 796. The third-order valence-electron chi connectivity index (χ3n) is 3.97. The Labute approximate surface area is 128 Å². The molecule has 1 aromatic carbocycles. The number of anilines is 1. The van der Waals surface area contributed by atoms with Crippen LogP contribution in [-0.4, -0.2) is 21.1 Å². The standard InChI is InChI=1S/C16H15ClN4/c17-10-13-9-12-3-1-2-4-14(12)19-16(13)21-8-7-20-6-5-18-15(20)11-21/h1-6,9H,7-8,10-11H2. The second-order valence-corrected chi connectivity index (χ2v) is 5.52. The van der Waals surface area contributed by atoms with E-state index in [0.29, 0.717) is 5.88 Å². The Hall–Kier alpha value is -2.07. The summed E-state index contributed by atoms with van der Waals surface area (Å²) in [6, 6.07) is 10.3. The third kappa shape index (κ3) is 2.16. The van der Waals surface area contributed by atoms with Gasteiger partial charge in [-0.15, -0.1) is 11.6 Å². The minimum atomic E-state index is 0.470. The van der Waals surface area contributed by atoms with Crippen LogP contribution in [0.1, 0.15) is 11.4 Å². The second-order valence-electron chi connectivity index (χ2n) is 5.26. The minimum Gasteiger partial charge on any atom is -0.347 e. The van der Waals surface area contributed by atoms with Crippen molar-refractivity contribution in [1.82, 2.24) is 14.5 Å². The fourth-order valence-corrected chi connectivity index (χ4v) is 3.07. The van der Waals surface area contributed by atoms with E-state index in [0.717, 1.165) is 47.7 Å². The molecular weight excluding hydrogens is 284 g/mol. The molecule has 3 heterocycles. The van der Waals surface area contributed by atoms with E-state index < -0.39 is 0 Å². The fourth-order valence-electron chi connectivity index (χ4n) is 2.88. The Morgan fingerprint density at radius 1 is 1.19 bits per heavy atom. The van der Waals surface area contributed by atoms with Crippen LogP contribution < -0.4 is 4.90 Å². The number of imidazole rings is 1. The molecule has 4 nitrogen and oxygen atoms in total. The van der Waals surface area contributed by atoms with E-state index in [1.807, 2.05) is 30.6 Å². The maximum Gasteiger partial charge on any atom is 0.134 e. The highest BCUT2D eigenvalue weighted by Gasteiger charge is 2.20. The van der Waals surface area contributed by atoms with Crippen LogP contribution in [0.25, 0.3) is 10.9 Å². The number of benzene rings is 1. The normalized spacial score (nSPS) is 14.4. The van der Waals surface area contributed by atoms with Crippen molar-refractivity contribution in [3.63, 3.8) is 0 Å². The van der Waals surface area contributed by atoms with Gasteiger partial charge < -0.3 is 9.47 Å². The van der Waals surface area contributed by atoms with E-state index in [1.165, 1.54) is 0 Å². The van der Waals surface area contributed by atoms with Crippen molar-refractivity contribution in [3.8, 4) is 0 Å². The highest BCUT2D eigenvalue weighted by Crippen LogP contribution is 2.27. The van der Waals surface area contributed by atoms with Gasteiger partial charge >= 0.3 is 0 Å². The lowest BCUT2D eigenvalue weighted by atomic mass is 10.1. The molecule has 5 heteroatoms. The zero-order chi connectivity index (χ0) is 14.2. The molecule has 21 heavy (non-hydrogen) atoms. The number of nitrogens with zero attached hydrogens (tertiary/aromatic N) is 4. The quantitative estimate of drug-likeness (QED) is 0.681.